The Kier molecular flexibility index (Phi) is 5.81. The van der Waals surface area contributed by atoms with E-state index in [0.29, 0.717) is 11.1 Å². The van der Waals surface area contributed by atoms with Crippen LogP contribution in [0.5, 0.6) is 5.75 Å². The molecule has 2 aromatic carbocycles. The lowest BCUT2D eigenvalue weighted by molar-refractivity contribution is -0.113. The van der Waals surface area contributed by atoms with Crippen molar-refractivity contribution in [3.63, 3.8) is 0 Å². The molecule has 0 aromatic heterocycles. The highest BCUT2D eigenvalue weighted by Crippen LogP contribution is 2.38. The summed E-state index contributed by atoms with van der Waals surface area (Å²) in [4.78, 5) is 20.5. The van der Waals surface area contributed by atoms with Gasteiger partial charge < -0.3 is 4.74 Å². The Morgan fingerprint density at radius 2 is 1.75 bits per heavy atom. The van der Waals surface area contributed by atoms with Gasteiger partial charge in [-0.05, 0) is 66.9 Å². The van der Waals surface area contributed by atoms with Crippen molar-refractivity contribution in [2.24, 2.45) is 10.9 Å². The summed E-state index contributed by atoms with van der Waals surface area (Å²) in [6.07, 6.45) is 8.33. The third-order valence-corrected chi connectivity index (χ3v) is 6.14. The molecule has 1 heterocycles. The van der Waals surface area contributed by atoms with Gasteiger partial charge in [-0.1, -0.05) is 43.5 Å². The molecule has 28 heavy (non-hydrogen) atoms. The minimum atomic E-state index is 0.00965. The highest BCUT2D eigenvalue weighted by Gasteiger charge is 2.35. The minimum Gasteiger partial charge on any atom is -0.497 e. The van der Waals surface area contributed by atoms with E-state index < -0.39 is 0 Å². The Morgan fingerprint density at radius 3 is 2.43 bits per heavy atom. The number of carbonyl (C=O) groups excluding carboxylic acids is 1. The van der Waals surface area contributed by atoms with E-state index in [9.17, 15) is 4.79 Å². The summed E-state index contributed by atoms with van der Waals surface area (Å²) < 4.78 is 5.25. The molecule has 2 aromatic rings. The maximum absolute atomic E-state index is 13.3. The molecule has 0 radical (unpaired) electrons. The van der Waals surface area contributed by atoms with Gasteiger partial charge in [-0.15, -0.1) is 0 Å². The fourth-order valence-electron chi connectivity index (χ4n) is 3.65. The zero-order valence-electron chi connectivity index (χ0n) is 16.0. The molecule has 1 saturated carbocycles. The molecule has 4 nitrogen and oxygen atoms in total. The highest BCUT2D eigenvalue weighted by atomic mass is 32.2. The first-order valence-corrected chi connectivity index (χ1v) is 10.6. The van der Waals surface area contributed by atoms with Crippen molar-refractivity contribution < 1.29 is 9.53 Å². The number of thioether (sulfide) groups is 1. The number of para-hydroxylation sites is 1. The Hall–Kier alpha value is -2.53. The van der Waals surface area contributed by atoms with E-state index in [0.717, 1.165) is 22.0 Å². The predicted octanol–water partition coefficient (Wildman–Crippen LogP) is 5.93. The van der Waals surface area contributed by atoms with Gasteiger partial charge in [0.1, 0.15) is 5.75 Å². The van der Waals surface area contributed by atoms with Crippen LogP contribution in [-0.2, 0) is 4.79 Å². The van der Waals surface area contributed by atoms with Crippen molar-refractivity contribution in [2.75, 3.05) is 12.0 Å². The first-order valence-electron chi connectivity index (χ1n) is 9.76. The Bertz CT molecular complexity index is 885. The van der Waals surface area contributed by atoms with Crippen LogP contribution in [0.1, 0.15) is 32.1 Å². The van der Waals surface area contributed by atoms with Crippen LogP contribution in [0.2, 0.25) is 0 Å². The van der Waals surface area contributed by atoms with E-state index in [1.54, 1.807) is 12.0 Å². The number of amides is 1. The second kappa shape index (κ2) is 8.65. The maximum Gasteiger partial charge on any atom is 0.271 e. The number of ether oxygens (including phenoxy) is 1. The van der Waals surface area contributed by atoms with Gasteiger partial charge in [-0.3, -0.25) is 9.69 Å². The number of amidine groups is 1. The van der Waals surface area contributed by atoms with Crippen molar-refractivity contribution in [2.45, 2.75) is 32.1 Å². The normalized spacial score (nSPS) is 20.9. The molecule has 1 aliphatic carbocycles. The highest BCUT2D eigenvalue weighted by molar-refractivity contribution is 8.19. The minimum absolute atomic E-state index is 0.00965. The van der Waals surface area contributed by atoms with Crippen LogP contribution < -0.4 is 9.64 Å². The zero-order valence-corrected chi connectivity index (χ0v) is 16.8. The van der Waals surface area contributed by atoms with Crippen molar-refractivity contribution in [1.82, 2.24) is 0 Å². The molecule has 5 heteroatoms. The molecule has 1 saturated heterocycles. The summed E-state index contributed by atoms with van der Waals surface area (Å²) in [5.41, 5.74) is 1.65. The number of rotatable bonds is 4. The number of allylic oxidation sites excluding steroid dienone is 1. The quantitative estimate of drug-likeness (QED) is 0.606. The molecule has 1 aliphatic heterocycles. The van der Waals surface area contributed by atoms with E-state index in [1.165, 1.54) is 43.9 Å². The molecule has 0 spiro atoms. The second-order valence-corrected chi connectivity index (χ2v) is 8.11. The molecule has 0 atom stereocenters. The van der Waals surface area contributed by atoms with Gasteiger partial charge >= 0.3 is 0 Å². The number of nitrogens with zero attached hydrogens (tertiary/aromatic N) is 2. The van der Waals surface area contributed by atoms with Crippen molar-refractivity contribution in [3.05, 3.63) is 65.6 Å². The third kappa shape index (κ3) is 4.14. The number of hydrogen-bond donors (Lipinski definition) is 0. The molecular formula is C23H24N2O2S. The SMILES string of the molecule is COc1ccc(N2C(=O)/C(=C/C3CCCCC3)S/C2=N\c2ccccc2)cc1. The average molecular weight is 393 g/mol. The number of carbonyl (C=O) groups is 1. The number of methoxy groups -OCH3 is 1. The van der Waals surface area contributed by atoms with Gasteiger partial charge in [0.15, 0.2) is 5.17 Å². The topological polar surface area (TPSA) is 41.9 Å². The van der Waals surface area contributed by atoms with E-state index in [1.807, 2.05) is 54.6 Å². The molecule has 4 rings (SSSR count). The summed E-state index contributed by atoms with van der Waals surface area (Å²) in [6.45, 7) is 0. The number of aliphatic imine (C=N–C) groups is 1. The van der Waals surface area contributed by atoms with E-state index in [2.05, 4.69) is 6.08 Å². The summed E-state index contributed by atoms with van der Waals surface area (Å²) in [5.74, 6) is 1.27. The average Bonchev–Trinajstić information content (AvgIpc) is 3.04. The van der Waals surface area contributed by atoms with Crippen LogP contribution in [0.15, 0.2) is 70.6 Å². The molecule has 0 bridgehead atoms. The van der Waals surface area contributed by atoms with Crippen molar-refractivity contribution >= 4 is 34.2 Å². The van der Waals surface area contributed by atoms with Gasteiger partial charge in [0.25, 0.3) is 5.91 Å². The molecule has 1 amide bonds. The van der Waals surface area contributed by atoms with Gasteiger partial charge in [0.05, 0.1) is 23.4 Å². The molecule has 2 aliphatic rings. The van der Waals surface area contributed by atoms with E-state index >= 15 is 0 Å². The second-order valence-electron chi connectivity index (χ2n) is 7.10. The first-order chi connectivity index (χ1) is 13.7. The fourth-order valence-corrected chi connectivity index (χ4v) is 4.72. The van der Waals surface area contributed by atoms with Crippen LogP contribution in [0.25, 0.3) is 0 Å². The van der Waals surface area contributed by atoms with E-state index in [4.69, 9.17) is 9.73 Å². The Balaban J connectivity index is 1.69. The van der Waals surface area contributed by atoms with Crippen molar-refractivity contribution in [1.29, 1.82) is 0 Å². The lowest BCUT2D eigenvalue weighted by atomic mass is 9.89. The first kappa shape index (κ1) is 18.8. The Morgan fingerprint density at radius 1 is 1.04 bits per heavy atom. The zero-order chi connectivity index (χ0) is 19.3. The smallest absolute Gasteiger partial charge is 0.271 e. The summed E-state index contributed by atoms with van der Waals surface area (Å²) in [5, 5.41) is 0.698. The summed E-state index contributed by atoms with van der Waals surface area (Å²) in [6, 6.07) is 17.3. The molecule has 144 valence electrons. The summed E-state index contributed by atoms with van der Waals surface area (Å²) in [7, 11) is 1.64. The van der Waals surface area contributed by atoms with Gasteiger partial charge in [0.2, 0.25) is 0 Å². The van der Waals surface area contributed by atoms with Gasteiger partial charge in [-0.25, -0.2) is 4.99 Å². The Labute approximate surface area is 170 Å². The van der Waals surface area contributed by atoms with E-state index in [-0.39, 0.29) is 5.91 Å². The molecule has 2 fully saturated rings. The number of anilines is 1. The molecule has 0 N–H and O–H groups in total. The predicted molar refractivity (Wildman–Crippen MR) is 116 cm³/mol. The summed E-state index contributed by atoms with van der Waals surface area (Å²) >= 11 is 1.48. The van der Waals surface area contributed by atoms with Crippen LogP contribution in [-0.4, -0.2) is 18.2 Å². The fraction of sp³-hybridized carbons (Fsp3) is 0.304. The lowest BCUT2D eigenvalue weighted by Crippen LogP contribution is -2.28. The lowest BCUT2D eigenvalue weighted by Gasteiger charge is -2.18. The monoisotopic (exact) mass is 392 g/mol. The van der Waals surface area contributed by atoms with Crippen molar-refractivity contribution in [3.8, 4) is 5.75 Å². The standard InChI is InChI=1S/C23H24N2O2S/c1-27-20-14-12-19(13-15-20)25-22(26)21(16-17-8-4-2-5-9-17)28-23(25)24-18-10-6-3-7-11-18/h3,6-7,10-17H,2,4-5,8-9H2,1H3/b21-16-,24-23-. The maximum atomic E-state index is 13.3. The van der Waals surface area contributed by atoms with Crippen LogP contribution >= 0.6 is 11.8 Å². The number of hydrogen-bond acceptors (Lipinski definition) is 4. The molecular weight excluding hydrogens is 368 g/mol. The van der Waals surface area contributed by atoms with Gasteiger partial charge in [0, 0.05) is 0 Å². The molecule has 0 unspecified atom stereocenters. The van der Waals surface area contributed by atoms with Crippen LogP contribution in [0, 0.1) is 5.92 Å². The van der Waals surface area contributed by atoms with Gasteiger partial charge in [-0.2, -0.15) is 0 Å². The number of benzene rings is 2. The van der Waals surface area contributed by atoms with Crippen LogP contribution in [0.4, 0.5) is 11.4 Å². The third-order valence-electron chi connectivity index (χ3n) is 5.15. The van der Waals surface area contributed by atoms with Crippen LogP contribution in [0.3, 0.4) is 0 Å². The largest absolute Gasteiger partial charge is 0.497 e.